The van der Waals surface area contributed by atoms with Gasteiger partial charge in [-0.2, -0.15) is 0 Å². The number of rotatable bonds is 7. The van der Waals surface area contributed by atoms with Gasteiger partial charge in [0.15, 0.2) is 22.5 Å². The molecule has 3 rings (SSSR count). The Morgan fingerprint density at radius 1 is 1.13 bits per heavy atom. The summed E-state index contributed by atoms with van der Waals surface area (Å²) in [5, 5.41) is 10.0. The maximum absolute atomic E-state index is 12.6. The average molecular weight is 451 g/mol. The molecule has 8 heteroatoms. The third-order valence-electron chi connectivity index (χ3n) is 4.48. The molecule has 0 bridgehead atoms. The fourth-order valence-electron chi connectivity index (χ4n) is 3.07. The third-order valence-corrected chi connectivity index (χ3v) is 5.07. The molecule has 0 saturated carbocycles. The lowest BCUT2D eigenvalue weighted by molar-refractivity contribution is -0.139. The standard InChI is InChI=1S/C22H20Cl2O6/c1-22(2,10-18(26)27)11-29-21-15(24)8-7-13(20(21)28-3)17-9-16(25)12-5-4-6-14(23)19(12)30-17/h4-9H,10-11H2,1-3H3,(H,26,27). The number of carboxylic acids is 1. The summed E-state index contributed by atoms with van der Waals surface area (Å²) < 4.78 is 17.3. The summed E-state index contributed by atoms with van der Waals surface area (Å²) in [6, 6.07) is 9.54. The van der Waals surface area contributed by atoms with Crippen LogP contribution in [-0.4, -0.2) is 24.8 Å². The van der Waals surface area contributed by atoms with Crippen molar-refractivity contribution in [1.82, 2.24) is 0 Å². The van der Waals surface area contributed by atoms with Crippen molar-refractivity contribution in [2.45, 2.75) is 20.3 Å². The van der Waals surface area contributed by atoms with Crippen LogP contribution in [0.5, 0.6) is 11.5 Å². The van der Waals surface area contributed by atoms with Crippen molar-refractivity contribution in [1.29, 1.82) is 0 Å². The number of halogens is 2. The lowest BCUT2D eigenvalue weighted by Crippen LogP contribution is -2.25. The Bertz CT molecular complexity index is 1170. The van der Waals surface area contributed by atoms with Crippen LogP contribution in [0.3, 0.4) is 0 Å². The summed E-state index contributed by atoms with van der Waals surface area (Å²) in [5.74, 6) is -0.186. The highest BCUT2D eigenvalue weighted by Crippen LogP contribution is 2.44. The molecule has 0 spiro atoms. The Kier molecular flexibility index (Phi) is 6.29. The molecule has 1 N–H and O–H groups in total. The van der Waals surface area contributed by atoms with Gasteiger partial charge in [-0.3, -0.25) is 9.59 Å². The number of benzene rings is 2. The summed E-state index contributed by atoms with van der Waals surface area (Å²) in [4.78, 5) is 23.6. The number of aliphatic carboxylic acids is 1. The second-order valence-corrected chi connectivity index (χ2v) is 8.39. The van der Waals surface area contributed by atoms with Gasteiger partial charge in [-0.1, -0.05) is 43.1 Å². The van der Waals surface area contributed by atoms with Crippen molar-refractivity contribution in [2.24, 2.45) is 5.41 Å². The predicted octanol–water partition coefficient (Wildman–Crippen LogP) is 5.66. The maximum atomic E-state index is 12.6. The van der Waals surface area contributed by atoms with E-state index in [9.17, 15) is 9.59 Å². The molecule has 0 aliphatic heterocycles. The Labute approximate surface area is 182 Å². The summed E-state index contributed by atoms with van der Waals surface area (Å²) in [5.41, 5.74) is -0.175. The zero-order valence-corrected chi connectivity index (χ0v) is 18.1. The van der Waals surface area contributed by atoms with Crippen LogP contribution in [0, 0.1) is 5.41 Å². The minimum Gasteiger partial charge on any atom is -0.492 e. The van der Waals surface area contributed by atoms with Gasteiger partial charge in [0.25, 0.3) is 0 Å². The topological polar surface area (TPSA) is 86.0 Å². The maximum Gasteiger partial charge on any atom is 0.304 e. The van der Waals surface area contributed by atoms with Gasteiger partial charge in [-0.25, -0.2) is 0 Å². The number of fused-ring (bicyclic) bond motifs is 1. The molecule has 6 nitrogen and oxygen atoms in total. The van der Waals surface area contributed by atoms with Gasteiger partial charge < -0.3 is 19.0 Å². The van der Waals surface area contributed by atoms with E-state index in [1.165, 1.54) is 13.2 Å². The number of carbonyl (C=O) groups is 1. The second kappa shape index (κ2) is 8.58. The van der Waals surface area contributed by atoms with Gasteiger partial charge in [0.1, 0.15) is 5.76 Å². The van der Waals surface area contributed by atoms with Crippen molar-refractivity contribution in [2.75, 3.05) is 13.7 Å². The van der Waals surface area contributed by atoms with E-state index in [4.69, 9.17) is 42.2 Å². The molecule has 2 aromatic carbocycles. The number of hydrogen-bond donors (Lipinski definition) is 1. The van der Waals surface area contributed by atoms with Crippen LogP contribution >= 0.6 is 23.2 Å². The molecule has 3 aromatic rings. The van der Waals surface area contributed by atoms with Crippen LogP contribution in [0.25, 0.3) is 22.3 Å². The number of carboxylic acid groups (broad SMARTS) is 1. The van der Waals surface area contributed by atoms with Crippen molar-refractivity contribution in [3.8, 4) is 22.8 Å². The largest absolute Gasteiger partial charge is 0.492 e. The van der Waals surface area contributed by atoms with Crippen molar-refractivity contribution in [3.05, 3.63) is 56.7 Å². The smallest absolute Gasteiger partial charge is 0.304 e. The zero-order valence-electron chi connectivity index (χ0n) is 16.6. The molecule has 0 unspecified atom stereocenters. The average Bonchev–Trinajstić information content (AvgIpc) is 2.66. The predicted molar refractivity (Wildman–Crippen MR) is 116 cm³/mol. The van der Waals surface area contributed by atoms with Gasteiger partial charge in [0, 0.05) is 11.5 Å². The van der Waals surface area contributed by atoms with Crippen molar-refractivity contribution >= 4 is 40.1 Å². The van der Waals surface area contributed by atoms with E-state index in [0.717, 1.165) is 0 Å². The highest BCUT2D eigenvalue weighted by atomic mass is 35.5. The summed E-state index contributed by atoms with van der Waals surface area (Å²) >= 11 is 12.5. The first kappa shape index (κ1) is 22.0. The molecule has 0 amide bonds. The molecular formula is C22H20Cl2O6. The molecule has 1 aromatic heterocycles. The van der Waals surface area contributed by atoms with Crippen LogP contribution < -0.4 is 14.9 Å². The van der Waals surface area contributed by atoms with Crippen LogP contribution in [0.2, 0.25) is 10.0 Å². The minimum absolute atomic E-state index is 0.0787. The van der Waals surface area contributed by atoms with Crippen molar-refractivity contribution in [3.63, 3.8) is 0 Å². The van der Waals surface area contributed by atoms with Crippen LogP contribution in [0.4, 0.5) is 0 Å². The molecule has 158 valence electrons. The van der Waals surface area contributed by atoms with Gasteiger partial charge in [0.05, 0.1) is 41.1 Å². The number of hydrogen-bond acceptors (Lipinski definition) is 5. The molecular weight excluding hydrogens is 431 g/mol. The first-order valence-electron chi connectivity index (χ1n) is 9.07. The highest BCUT2D eigenvalue weighted by Gasteiger charge is 2.26. The Hall–Kier alpha value is -2.70. The fourth-order valence-corrected chi connectivity index (χ4v) is 3.49. The second-order valence-electron chi connectivity index (χ2n) is 7.57. The molecule has 0 aliphatic carbocycles. The summed E-state index contributed by atoms with van der Waals surface area (Å²) in [7, 11) is 1.44. The Morgan fingerprint density at radius 3 is 2.53 bits per heavy atom. The molecule has 0 atom stereocenters. The van der Waals surface area contributed by atoms with Gasteiger partial charge >= 0.3 is 5.97 Å². The summed E-state index contributed by atoms with van der Waals surface area (Å²) in [6.07, 6.45) is -0.0787. The van der Waals surface area contributed by atoms with E-state index in [0.29, 0.717) is 16.0 Å². The Balaban J connectivity index is 2.08. The third kappa shape index (κ3) is 4.55. The van der Waals surface area contributed by atoms with Crippen molar-refractivity contribution < 1.29 is 23.8 Å². The lowest BCUT2D eigenvalue weighted by atomic mass is 9.90. The Morgan fingerprint density at radius 2 is 1.87 bits per heavy atom. The van der Waals surface area contributed by atoms with E-state index in [-0.39, 0.29) is 46.3 Å². The highest BCUT2D eigenvalue weighted by molar-refractivity contribution is 6.34. The van der Waals surface area contributed by atoms with E-state index >= 15 is 0 Å². The van der Waals surface area contributed by atoms with Gasteiger partial charge in [0.2, 0.25) is 0 Å². The van der Waals surface area contributed by atoms with Crippen LogP contribution in [-0.2, 0) is 4.79 Å². The molecule has 0 saturated heterocycles. The molecule has 30 heavy (non-hydrogen) atoms. The first-order valence-corrected chi connectivity index (χ1v) is 9.82. The van der Waals surface area contributed by atoms with E-state index in [1.807, 2.05) is 0 Å². The molecule has 0 aliphatic rings. The van der Waals surface area contributed by atoms with E-state index in [2.05, 4.69) is 0 Å². The SMILES string of the molecule is COc1c(-c2cc(=O)c3cccc(Cl)c3o2)ccc(Cl)c1OCC(C)(C)CC(=O)O. The number of para-hydroxylation sites is 1. The zero-order chi connectivity index (χ0) is 22.1. The summed E-state index contributed by atoms with van der Waals surface area (Å²) in [6.45, 7) is 3.64. The molecule has 1 heterocycles. The monoisotopic (exact) mass is 450 g/mol. The number of methoxy groups -OCH3 is 1. The fraction of sp³-hybridized carbons (Fsp3) is 0.273. The number of ether oxygens (including phenoxy) is 2. The minimum atomic E-state index is -0.926. The van der Waals surface area contributed by atoms with Gasteiger partial charge in [-0.15, -0.1) is 0 Å². The van der Waals surface area contributed by atoms with Crippen LogP contribution in [0.15, 0.2) is 45.6 Å². The molecule has 0 radical (unpaired) electrons. The molecule has 0 fully saturated rings. The lowest BCUT2D eigenvalue weighted by Gasteiger charge is -2.24. The quantitative estimate of drug-likeness (QED) is 0.499. The van der Waals surface area contributed by atoms with Gasteiger partial charge in [-0.05, 0) is 24.3 Å². The first-order chi connectivity index (χ1) is 14.1. The van der Waals surface area contributed by atoms with E-state index < -0.39 is 11.4 Å². The van der Waals surface area contributed by atoms with E-state index in [1.54, 1.807) is 44.2 Å². The normalized spacial score (nSPS) is 11.5. The van der Waals surface area contributed by atoms with Crippen LogP contribution in [0.1, 0.15) is 20.3 Å².